The summed E-state index contributed by atoms with van der Waals surface area (Å²) in [6.07, 6.45) is 3.51. The zero-order valence-electron chi connectivity index (χ0n) is 19.0. The van der Waals surface area contributed by atoms with Crippen LogP contribution in [0.2, 0.25) is 10.2 Å². The first-order valence-electron chi connectivity index (χ1n) is 11.4. The van der Waals surface area contributed by atoms with Crippen LogP contribution in [-0.4, -0.2) is 60.9 Å². The smallest absolute Gasteiger partial charge is 0.177 e. The van der Waals surface area contributed by atoms with Gasteiger partial charge in [0.1, 0.15) is 22.1 Å². The molecule has 178 valence electrons. The third-order valence-corrected chi connectivity index (χ3v) is 8.06. The van der Waals surface area contributed by atoms with Crippen molar-refractivity contribution in [2.45, 2.75) is 38.9 Å². The maximum atomic E-state index is 10.1. The summed E-state index contributed by atoms with van der Waals surface area (Å²) < 4.78 is 7.44. The van der Waals surface area contributed by atoms with Gasteiger partial charge in [-0.25, -0.2) is 9.97 Å². The number of hydrogen-bond acceptors (Lipinski definition) is 7. The Hall–Kier alpha value is -2.46. The zero-order chi connectivity index (χ0) is 23.6. The Kier molecular flexibility index (Phi) is 5.22. The Morgan fingerprint density at radius 1 is 1.24 bits per heavy atom. The number of aryl methyl sites for hydroxylation is 1. The minimum Gasteiger partial charge on any atom is -0.390 e. The number of hydrogen-bond donors (Lipinski definition) is 2. The number of ether oxygens (including phenoxy) is 1. The summed E-state index contributed by atoms with van der Waals surface area (Å²) in [4.78, 5) is 11.8. The molecule has 0 bridgehead atoms. The molecule has 2 aliphatic heterocycles. The predicted octanol–water partition coefficient (Wildman–Crippen LogP) is 4.10. The third-order valence-electron chi connectivity index (χ3n) is 7.24. The summed E-state index contributed by atoms with van der Waals surface area (Å²) >= 11 is 13.2. The summed E-state index contributed by atoms with van der Waals surface area (Å²) in [7, 11) is 1.77. The van der Waals surface area contributed by atoms with Gasteiger partial charge in [-0.15, -0.1) is 0 Å². The number of benzene rings is 1. The highest BCUT2D eigenvalue weighted by Crippen LogP contribution is 2.43. The molecule has 34 heavy (non-hydrogen) atoms. The molecule has 0 amide bonds. The second kappa shape index (κ2) is 8.05. The topological polar surface area (TPSA) is 105 Å². The summed E-state index contributed by atoms with van der Waals surface area (Å²) in [6.45, 7) is 4.46. The van der Waals surface area contributed by atoms with E-state index in [1.807, 2.05) is 12.1 Å². The predicted molar refractivity (Wildman–Crippen MR) is 131 cm³/mol. The highest BCUT2D eigenvalue weighted by molar-refractivity contribution is 6.43. The van der Waals surface area contributed by atoms with Gasteiger partial charge < -0.3 is 14.7 Å². The normalized spacial score (nSPS) is 20.3. The van der Waals surface area contributed by atoms with Crippen molar-refractivity contribution in [2.75, 3.05) is 24.6 Å². The van der Waals surface area contributed by atoms with E-state index in [4.69, 9.17) is 37.9 Å². The molecule has 2 saturated heterocycles. The minimum atomic E-state index is -0.216. The molecule has 5 heterocycles. The SMILES string of the molecule is C[C@H]1CC2(CCN(c3nc4[nH]nc(-c5ccc6nn(C)c(Cl)c6c5Cl)c4nc3CO)CC2)CO1. The monoisotopic (exact) mass is 501 g/mol. The number of aliphatic hydroxyl groups excluding tert-OH is 1. The van der Waals surface area contributed by atoms with Crippen LogP contribution in [0.15, 0.2) is 12.1 Å². The van der Waals surface area contributed by atoms with Crippen molar-refractivity contribution >= 4 is 51.1 Å². The number of aliphatic hydroxyl groups is 1. The third kappa shape index (κ3) is 3.37. The first-order chi connectivity index (χ1) is 16.4. The average molecular weight is 502 g/mol. The Bertz CT molecular complexity index is 1410. The van der Waals surface area contributed by atoms with Gasteiger partial charge in [-0.2, -0.15) is 10.2 Å². The molecular weight excluding hydrogens is 477 g/mol. The molecule has 1 spiro atoms. The molecule has 11 heteroatoms. The standard InChI is InChI=1S/C23H25Cl2N7O2/c1-12-9-23(11-34-12)5-7-32(8-6-23)22-15(10-33)26-19-18(28-29-21(19)27-22)13-3-4-14-16(17(13)24)20(25)31(2)30-14/h3-4,12,33H,5-11H2,1-2H3,(H,27,28,29)/t12-/m0/s1. The van der Waals surface area contributed by atoms with Gasteiger partial charge in [0.15, 0.2) is 11.5 Å². The van der Waals surface area contributed by atoms with Crippen LogP contribution in [0.4, 0.5) is 5.82 Å². The van der Waals surface area contributed by atoms with Gasteiger partial charge in [-0.1, -0.05) is 23.2 Å². The lowest BCUT2D eigenvalue weighted by atomic mass is 9.77. The molecule has 2 aliphatic rings. The van der Waals surface area contributed by atoms with E-state index in [1.54, 1.807) is 11.7 Å². The van der Waals surface area contributed by atoms with Gasteiger partial charge in [-0.05, 0) is 43.7 Å². The zero-order valence-corrected chi connectivity index (χ0v) is 20.5. The second-order valence-corrected chi connectivity index (χ2v) is 10.2. The van der Waals surface area contributed by atoms with E-state index in [0.717, 1.165) is 39.0 Å². The number of nitrogens with zero attached hydrogens (tertiary/aromatic N) is 6. The van der Waals surface area contributed by atoms with Crippen LogP contribution in [0.3, 0.4) is 0 Å². The molecule has 4 aromatic rings. The molecule has 1 aromatic carbocycles. The molecule has 2 fully saturated rings. The number of piperidine rings is 1. The lowest BCUT2D eigenvalue weighted by Gasteiger charge is -2.39. The fraction of sp³-hybridized carbons (Fsp3) is 0.478. The van der Waals surface area contributed by atoms with Crippen LogP contribution in [-0.2, 0) is 18.4 Å². The Morgan fingerprint density at radius 2 is 2.03 bits per heavy atom. The fourth-order valence-electron chi connectivity index (χ4n) is 5.40. The first kappa shape index (κ1) is 22.0. The van der Waals surface area contributed by atoms with Gasteiger partial charge in [0.25, 0.3) is 0 Å². The lowest BCUT2D eigenvalue weighted by Crippen LogP contribution is -2.41. The molecule has 0 aliphatic carbocycles. The van der Waals surface area contributed by atoms with E-state index in [-0.39, 0.29) is 12.0 Å². The van der Waals surface area contributed by atoms with Crippen LogP contribution in [0.25, 0.3) is 33.3 Å². The fourth-order valence-corrected chi connectivity index (χ4v) is 6.01. The lowest BCUT2D eigenvalue weighted by molar-refractivity contribution is 0.0975. The second-order valence-electron chi connectivity index (χ2n) is 9.47. The maximum absolute atomic E-state index is 10.1. The van der Waals surface area contributed by atoms with Crippen molar-refractivity contribution in [3.63, 3.8) is 0 Å². The number of H-pyrrole nitrogens is 1. The quantitative estimate of drug-likeness (QED) is 0.435. The van der Waals surface area contributed by atoms with Crippen molar-refractivity contribution in [1.82, 2.24) is 29.9 Å². The van der Waals surface area contributed by atoms with Crippen molar-refractivity contribution < 1.29 is 9.84 Å². The average Bonchev–Trinajstić information content (AvgIpc) is 3.49. The molecule has 0 radical (unpaired) electrons. The first-order valence-corrected chi connectivity index (χ1v) is 12.2. The van der Waals surface area contributed by atoms with Gasteiger partial charge in [-0.3, -0.25) is 9.78 Å². The molecule has 3 aromatic heterocycles. The number of rotatable bonds is 3. The molecule has 0 saturated carbocycles. The van der Waals surface area contributed by atoms with Gasteiger partial charge >= 0.3 is 0 Å². The molecule has 2 N–H and O–H groups in total. The summed E-state index contributed by atoms with van der Waals surface area (Å²) in [6, 6.07) is 3.71. The number of halogens is 2. The van der Waals surface area contributed by atoms with E-state index in [2.05, 4.69) is 27.1 Å². The number of anilines is 1. The molecular formula is C23H25Cl2N7O2. The Labute approximate surface area is 206 Å². The van der Waals surface area contributed by atoms with Gasteiger partial charge in [0.2, 0.25) is 0 Å². The van der Waals surface area contributed by atoms with Crippen molar-refractivity contribution in [3.05, 3.63) is 28.0 Å². The van der Waals surface area contributed by atoms with E-state index < -0.39 is 0 Å². The molecule has 1 atom stereocenters. The highest BCUT2D eigenvalue weighted by Gasteiger charge is 2.41. The van der Waals surface area contributed by atoms with Crippen LogP contribution in [0.5, 0.6) is 0 Å². The van der Waals surface area contributed by atoms with Crippen LogP contribution in [0.1, 0.15) is 31.9 Å². The molecule has 6 rings (SSSR count). The van der Waals surface area contributed by atoms with Crippen molar-refractivity contribution in [1.29, 1.82) is 0 Å². The highest BCUT2D eigenvalue weighted by atomic mass is 35.5. The number of aromatic amines is 1. The largest absolute Gasteiger partial charge is 0.390 e. The van der Waals surface area contributed by atoms with Crippen LogP contribution >= 0.6 is 23.2 Å². The Morgan fingerprint density at radius 3 is 2.74 bits per heavy atom. The summed E-state index contributed by atoms with van der Waals surface area (Å²) in [5.74, 6) is 0.698. The number of fused-ring (bicyclic) bond motifs is 2. The van der Waals surface area contributed by atoms with E-state index in [9.17, 15) is 5.11 Å². The summed E-state index contributed by atoms with van der Waals surface area (Å²) in [5.41, 5.74) is 3.84. The van der Waals surface area contributed by atoms with Gasteiger partial charge in [0, 0.05) is 25.7 Å². The van der Waals surface area contributed by atoms with Crippen molar-refractivity contribution in [3.8, 4) is 11.3 Å². The van der Waals surface area contributed by atoms with Crippen LogP contribution < -0.4 is 4.90 Å². The summed E-state index contributed by atoms with van der Waals surface area (Å²) in [5, 5.41) is 23.6. The molecule has 9 nitrogen and oxygen atoms in total. The van der Waals surface area contributed by atoms with Crippen LogP contribution in [0, 0.1) is 5.41 Å². The Balaban J connectivity index is 1.37. The maximum Gasteiger partial charge on any atom is 0.177 e. The van der Waals surface area contributed by atoms with E-state index in [0.29, 0.717) is 61.1 Å². The van der Waals surface area contributed by atoms with E-state index >= 15 is 0 Å². The van der Waals surface area contributed by atoms with Crippen molar-refractivity contribution in [2.24, 2.45) is 12.5 Å². The minimum absolute atomic E-state index is 0.216. The van der Waals surface area contributed by atoms with Gasteiger partial charge in [0.05, 0.1) is 35.2 Å². The molecule has 0 unspecified atom stereocenters. The van der Waals surface area contributed by atoms with E-state index in [1.165, 1.54) is 0 Å². The number of aromatic nitrogens is 6. The number of nitrogens with one attached hydrogen (secondary N) is 1.